The molecule has 6 heteroatoms. The van der Waals surface area contributed by atoms with Crippen molar-refractivity contribution in [1.82, 2.24) is 10.2 Å². The van der Waals surface area contributed by atoms with Gasteiger partial charge in [0, 0.05) is 23.6 Å². The molecule has 0 radical (unpaired) electrons. The minimum atomic E-state index is 0.0466. The van der Waals surface area contributed by atoms with Gasteiger partial charge >= 0.3 is 0 Å². The molecule has 1 fully saturated rings. The van der Waals surface area contributed by atoms with E-state index in [1.165, 1.54) is 24.3 Å². The van der Waals surface area contributed by atoms with Crippen molar-refractivity contribution >= 4 is 49.1 Å². The van der Waals surface area contributed by atoms with Crippen LogP contribution in [0.15, 0.2) is 14.3 Å². The number of nitrogens with one attached hydrogen (secondary N) is 1. The lowest BCUT2D eigenvalue weighted by Gasteiger charge is -2.31. The molecule has 0 spiro atoms. The second kappa shape index (κ2) is 7.20. The molecule has 1 aromatic heterocycles. The Morgan fingerprint density at radius 2 is 2.16 bits per heavy atom. The van der Waals surface area contributed by atoms with E-state index in [4.69, 9.17) is 0 Å². The maximum absolute atomic E-state index is 12.1. The quantitative estimate of drug-likeness (QED) is 0.818. The Kier molecular flexibility index (Phi) is 5.87. The van der Waals surface area contributed by atoms with Gasteiger partial charge in [0.25, 0.3) is 5.91 Å². The molecule has 2 heterocycles. The maximum atomic E-state index is 12.1. The van der Waals surface area contributed by atoms with Crippen LogP contribution in [0.4, 0.5) is 0 Å². The first kappa shape index (κ1) is 15.5. The summed E-state index contributed by atoms with van der Waals surface area (Å²) in [6.45, 7) is 5.57. The van der Waals surface area contributed by atoms with Crippen LogP contribution in [-0.2, 0) is 0 Å². The van der Waals surface area contributed by atoms with Gasteiger partial charge in [-0.3, -0.25) is 4.79 Å². The summed E-state index contributed by atoms with van der Waals surface area (Å²) in [6.07, 6.45) is 3.31. The average Bonchev–Trinajstić information content (AvgIpc) is 2.72. The Hall–Kier alpha value is 0.0900. The van der Waals surface area contributed by atoms with Crippen LogP contribution >= 0.6 is 43.2 Å². The summed E-state index contributed by atoms with van der Waals surface area (Å²) in [7, 11) is 0. The number of piperidine rings is 1. The molecule has 1 aromatic rings. The first-order valence-corrected chi connectivity index (χ1v) is 8.98. The van der Waals surface area contributed by atoms with E-state index in [0.29, 0.717) is 6.04 Å². The number of hydrogen-bond donors (Lipinski definition) is 1. The van der Waals surface area contributed by atoms with E-state index in [9.17, 15) is 4.79 Å². The van der Waals surface area contributed by atoms with E-state index in [1.54, 1.807) is 0 Å². The fourth-order valence-electron chi connectivity index (χ4n) is 2.33. The third kappa shape index (κ3) is 4.28. The van der Waals surface area contributed by atoms with Gasteiger partial charge in [-0.15, -0.1) is 11.3 Å². The number of amides is 1. The van der Waals surface area contributed by atoms with Crippen molar-refractivity contribution < 1.29 is 4.79 Å². The van der Waals surface area contributed by atoms with E-state index < -0.39 is 0 Å². The minimum absolute atomic E-state index is 0.0466. The molecule has 1 aliphatic rings. The summed E-state index contributed by atoms with van der Waals surface area (Å²) in [6, 6.07) is 2.19. The highest BCUT2D eigenvalue weighted by molar-refractivity contribution is 9.13. The molecule has 0 unspecified atom stereocenters. The SMILES string of the molecule is CCCN1CCC(NC(=O)c2cc(Br)c(Br)s2)CC1. The standard InChI is InChI=1S/C13H18Br2N2OS/c1-2-5-17-6-3-9(4-7-17)16-13(18)11-8-10(14)12(15)19-11/h8-9H,2-7H2,1H3,(H,16,18). The van der Waals surface area contributed by atoms with Crippen molar-refractivity contribution in [2.24, 2.45) is 0 Å². The topological polar surface area (TPSA) is 32.3 Å². The predicted molar refractivity (Wildman–Crippen MR) is 86.9 cm³/mol. The van der Waals surface area contributed by atoms with Gasteiger partial charge in [-0.25, -0.2) is 0 Å². The van der Waals surface area contributed by atoms with Gasteiger partial charge < -0.3 is 10.2 Å². The zero-order valence-corrected chi connectivity index (χ0v) is 14.9. The monoisotopic (exact) mass is 408 g/mol. The third-order valence-corrected chi connectivity index (χ3v) is 6.59. The maximum Gasteiger partial charge on any atom is 0.261 e. The summed E-state index contributed by atoms with van der Waals surface area (Å²) in [5.74, 6) is 0.0466. The Bertz CT molecular complexity index is 422. The summed E-state index contributed by atoms with van der Waals surface area (Å²) in [5, 5.41) is 3.14. The number of carbonyl (C=O) groups is 1. The van der Waals surface area contributed by atoms with Crippen LogP contribution in [0.3, 0.4) is 0 Å². The van der Waals surface area contributed by atoms with E-state index >= 15 is 0 Å². The highest BCUT2D eigenvalue weighted by Crippen LogP contribution is 2.32. The van der Waals surface area contributed by atoms with Crippen LogP contribution in [0.5, 0.6) is 0 Å². The number of thiophene rings is 1. The second-order valence-electron chi connectivity index (χ2n) is 4.82. The molecule has 1 saturated heterocycles. The Labute approximate surface area is 135 Å². The van der Waals surface area contributed by atoms with E-state index in [-0.39, 0.29) is 5.91 Å². The van der Waals surface area contributed by atoms with Crippen molar-refractivity contribution in [1.29, 1.82) is 0 Å². The van der Waals surface area contributed by atoms with Crippen LogP contribution < -0.4 is 5.32 Å². The van der Waals surface area contributed by atoms with Crippen molar-refractivity contribution in [2.75, 3.05) is 19.6 Å². The van der Waals surface area contributed by atoms with Crippen LogP contribution in [0.1, 0.15) is 35.9 Å². The van der Waals surface area contributed by atoms with Crippen molar-refractivity contribution in [3.63, 3.8) is 0 Å². The van der Waals surface area contributed by atoms with Crippen LogP contribution in [0.2, 0.25) is 0 Å². The zero-order valence-electron chi connectivity index (χ0n) is 10.9. The Morgan fingerprint density at radius 1 is 1.47 bits per heavy atom. The van der Waals surface area contributed by atoms with Gasteiger partial charge in [-0.05, 0) is 63.7 Å². The Balaban J connectivity index is 1.84. The molecular weight excluding hydrogens is 392 g/mol. The number of halogens is 2. The van der Waals surface area contributed by atoms with E-state index in [1.807, 2.05) is 6.07 Å². The van der Waals surface area contributed by atoms with Crippen molar-refractivity contribution in [3.8, 4) is 0 Å². The van der Waals surface area contributed by atoms with E-state index in [2.05, 4.69) is 49.0 Å². The smallest absolute Gasteiger partial charge is 0.261 e. The van der Waals surface area contributed by atoms with Gasteiger partial charge in [0.2, 0.25) is 0 Å². The van der Waals surface area contributed by atoms with Crippen LogP contribution in [-0.4, -0.2) is 36.5 Å². The first-order chi connectivity index (χ1) is 9.10. The molecule has 1 aliphatic heterocycles. The number of nitrogens with zero attached hydrogens (tertiary/aromatic N) is 1. The summed E-state index contributed by atoms with van der Waals surface area (Å²) in [4.78, 5) is 15.4. The normalized spacial score (nSPS) is 17.6. The Morgan fingerprint density at radius 3 is 2.68 bits per heavy atom. The van der Waals surface area contributed by atoms with Gasteiger partial charge in [0.05, 0.1) is 8.66 Å². The molecule has 19 heavy (non-hydrogen) atoms. The summed E-state index contributed by atoms with van der Waals surface area (Å²) >= 11 is 8.30. The molecule has 0 aliphatic carbocycles. The molecule has 3 nitrogen and oxygen atoms in total. The van der Waals surface area contributed by atoms with Gasteiger partial charge in [0.1, 0.15) is 0 Å². The average molecular weight is 410 g/mol. The summed E-state index contributed by atoms with van der Waals surface area (Å²) < 4.78 is 1.91. The molecule has 0 bridgehead atoms. The summed E-state index contributed by atoms with van der Waals surface area (Å²) in [5.41, 5.74) is 0. The minimum Gasteiger partial charge on any atom is -0.349 e. The zero-order chi connectivity index (χ0) is 13.8. The van der Waals surface area contributed by atoms with Gasteiger partial charge in [-0.1, -0.05) is 6.92 Å². The molecule has 0 aromatic carbocycles. The predicted octanol–water partition coefficient (Wildman–Crippen LogP) is 3.88. The molecule has 1 amide bonds. The number of likely N-dealkylation sites (tertiary alicyclic amines) is 1. The lowest BCUT2D eigenvalue weighted by molar-refractivity contribution is 0.0915. The molecule has 1 N–H and O–H groups in total. The van der Waals surface area contributed by atoms with Crippen molar-refractivity contribution in [2.45, 2.75) is 32.2 Å². The van der Waals surface area contributed by atoms with Gasteiger partial charge in [0.15, 0.2) is 0 Å². The number of rotatable bonds is 4. The lowest BCUT2D eigenvalue weighted by Crippen LogP contribution is -2.44. The fraction of sp³-hybridized carbons (Fsp3) is 0.615. The molecular formula is C13H18Br2N2OS. The lowest BCUT2D eigenvalue weighted by atomic mass is 10.0. The highest BCUT2D eigenvalue weighted by Gasteiger charge is 2.21. The van der Waals surface area contributed by atoms with Crippen molar-refractivity contribution in [3.05, 3.63) is 19.2 Å². The number of carbonyl (C=O) groups excluding carboxylic acids is 1. The molecule has 2 rings (SSSR count). The van der Waals surface area contributed by atoms with Crippen LogP contribution in [0, 0.1) is 0 Å². The molecule has 0 saturated carbocycles. The highest BCUT2D eigenvalue weighted by atomic mass is 79.9. The molecule has 106 valence electrons. The second-order valence-corrected chi connectivity index (χ2v) is 8.05. The first-order valence-electron chi connectivity index (χ1n) is 6.58. The number of hydrogen-bond acceptors (Lipinski definition) is 3. The van der Waals surface area contributed by atoms with Gasteiger partial charge in [-0.2, -0.15) is 0 Å². The largest absolute Gasteiger partial charge is 0.349 e. The fourth-order valence-corrected chi connectivity index (χ4v) is 4.27. The molecule has 0 atom stereocenters. The van der Waals surface area contributed by atoms with Crippen LogP contribution in [0.25, 0.3) is 0 Å². The van der Waals surface area contributed by atoms with E-state index in [0.717, 1.165) is 39.1 Å². The third-order valence-electron chi connectivity index (χ3n) is 3.33.